The quantitative estimate of drug-likeness (QED) is 0.664. The van der Waals surface area contributed by atoms with Gasteiger partial charge in [-0.25, -0.2) is 0 Å². The molecule has 1 amide bonds. The van der Waals surface area contributed by atoms with Gasteiger partial charge in [-0.05, 0) is 24.5 Å². The molecule has 0 saturated carbocycles. The Kier molecular flexibility index (Phi) is 5.74. The van der Waals surface area contributed by atoms with Crippen LogP contribution in [0.25, 0.3) is 10.9 Å². The number of amides is 1. The molecule has 0 radical (unpaired) electrons. The topological polar surface area (TPSA) is 92.1 Å². The number of likely N-dealkylation sites (tertiary alicyclic amines) is 1. The predicted molar refractivity (Wildman–Crippen MR) is 108 cm³/mol. The van der Waals surface area contributed by atoms with E-state index in [9.17, 15) is 9.59 Å². The van der Waals surface area contributed by atoms with E-state index in [0.717, 1.165) is 35.9 Å². The van der Waals surface area contributed by atoms with Gasteiger partial charge in [0.15, 0.2) is 0 Å². The number of H-pyrrole nitrogens is 1. The Morgan fingerprint density at radius 1 is 1.24 bits per heavy atom. The first-order valence-corrected chi connectivity index (χ1v) is 10.3. The number of hydrogen-bond acceptors (Lipinski definition) is 5. The lowest BCUT2D eigenvalue weighted by atomic mass is 9.92. The summed E-state index contributed by atoms with van der Waals surface area (Å²) in [4.78, 5) is 29.6. The van der Waals surface area contributed by atoms with Gasteiger partial charge in [0.2, 0.25) is 17.7 Å². The maximum atomic E-state index is 12.6. The Hall–Kier alpha value is -2.96. The van der Waals surface area contributed by atoms with Crippen molar-refractivity contribution in [3.8, 4) is 0 Å². The second kappa shape index (κ2) is 8.59. The van der Waals surface area contributed by atoms with Gasteiger partial charge in [-0.2, -0.15) is 0 Å². The molecular weight excluding hydrogens is 368 g/mol. The number of hydrogen-bond donors (Lipinski definition) is 1. The first kappa shape index (κ1) is 19.4. The van der Waals surface area contributed by atoms with Crippen LogP contribution in [-0.2, 0) is 22.4 Å². The van der Waals surface area contributed by atoms with E-state index in [1.165, 1.54) is 0 Å². The molecule has 1 aliphatic rings. The van der Waals surface area contributed by atoms with E-state index in [4.69, 9.17) is 4.42 Å². The minimum atomic E-state index is -0.0103. The maximum Gasteiger partial charge on any atom is 0.223 e. The van der Waals surface area contributed by atoms with E-state index < -0.39 is 0 Å². The molecule has 0 aliphatic carbocycles. The van der Waals surface area contributed by atoms with Crippen LogP contribution in [0.4, 0.5) is 0 Å². The smallest absolute Gasteiger partial charge is 0.223 e. The fraction of sp³-hybridized carbons (Fsp3) is 0.455. The average Bonchev–Trinajstić information content (AvgIpc) is 3.39. The first-order chi connectivity index (χ1) is 14.1. The van der Waals surface area contributed by atoms with Crippen LogP contribution in [0.1, 0.15) is 50.0 Å². The number of ketones is 1. The molecule has 1 aliphatic heterocycles. The van der Waals surface area contributed by atoms with Crippen molar-refractivity contribution in [2.24, 2.45) is 5.92 Å². The number of carbonyl (C=O) groups excluding carboxylic acids is 2. The lowest BCUT2D eigenvalue weighted by molar-refractivity contribution is -0.135. The summed E-state index contributed by atoms with van der Waals surface area (Å²) in [5.41, 5.74) is 2.18. The molecule has 1 aromatic carbocycles. The van der Waals surface area contributed by atoms with Gasteiger partial charge >= 0.3 is 0 Å². The van der Waals surface area contributed by atoms with Crippen LogP contribution in [0, 0.1) is 5.92 Å². The van der Waals surface area contributed by atoms with Crippen LogP contribution >= 0.6 is 0 Å². The second-order valence-electron chi connectivity index (χ2n) is 7.62. The normalized spacial score (nSPS) is 17.0. The molecule has 29 heavy (non-hydrogen) atoms. The number of aromatic nitrogens is 3. The predicted octanol–water partition coefficient (Wildman–Crippen LogP) is 3.29. The Balaban J connectivity index is 1.32. The third-order valence-corrected chi connectivity index (χ3v) is 5.66. The van der Waals surface area contributed by atoms with Crippen molar-refractivity contribution in [1.29, 1.82) is 0 Å². The van der Waals surface area contributed by atoms with Crippen molar-refractivity contribution in [2.75, 3.05) is 13.1 Å². The first-order valence-electron chi connectivity index (χ1n) is 10.3. The number of fused-ring (bicyclic) bond motifs is 1. The number of carbonyl (C=O) groups is 2. The molecule has 1 saturated heterocycles. The Bertz CT molecular complexity index is 1010. The molecule has 152 valence electrons. The number of rotatable bonds is 7. The maximum absolute atomic E-state index is 12.6. The minimum absolute atomic E-state index is 0.0103. The van der Waals surface area contributed by atoms with Crippen LogP contribution < -0.4 is 0 Å². The molecule has 1 N–H and O–H groups in total. The van der Waals surface area contributed by atoms with E-state index in [0.29, 0.717) is 44.0 Å². The van der Waals surface area contributed by atoms with Gasteiger partial charge in [0.1, 0.15) is 5.78 Å². The number of para-hydroxylation sites is 1. The molecule has 0 bridgehead atoms. The zero-order valence-electron chi connectivity index (χ0n) is 16.7. The van der Waals surface area contributed by atoms with Crippen LogP contribution in [0.3, 0.4) is 0 Å². The zero-order chi connectivity index (χ0) is 20.2. The van der Waals surface area contributed by atoms with Gasteiger partial charge in [0, 0.05) is 55.4 Å². The number of benzene rings is 1. The molecule has 3 heterocycles. The monoisotopic (exact) mass is 394 g/mol. The molecule has 7 nitrogen and oxygen atoms in total. The number of aryl methyl sites for hydroxylation is 1. The molecule has 2 aromatic heterocycles. The Morgan fingerprint density at radius 2 is 2.07 bits per heavy atom. The van der Waals surface area contributed by atoms with Gasteiger partial charge < -0.3 is 14.3 Å². The average molecular weight is 394 g/mol. The van der Waals surface area contributed by atoms with Crippen LogP contribution in [0.2, 0.25) is 0 Å². The third kappa shape index (κ3) is 4.39. The summed E-state index contributed by atoms with van der Waals surface area (Å²) < 4.78 is 5.76. The SMILES string of the molecule is CCC(=O)[C@H]1CCCN(C(=O)CCc2nnc(Cc3c[nH]c4ccccc34)o2)C1. The Labute approximate surface area is 169 Å². The van der Waals surface area contributed by atoms with Crippen LogP contribution in [0.5, 0.6) is 0 Å². The Morgan fingerprint density at radius 3 is 2.93 bits per heavy atom. The molecule has 7 heteroatoms. The summed E-state index contributed by atoms with van der Waals surface area (Å²) >= 11 is 0. The van der Waals surface area contributed by atoms with Crippen LogP contribution in [0.15, 0.2) is 34.9 Å². The fourth-order valence-corrected chi connectivity index (χ4v) is 4.03. The van der Waals surface area contributed by atoms with Gasteiger partial charge in [-0.15, -0.1) is 10.2 Å². The lowest BCUT2D eigenvalue weighted by Crippen LogP contribution is -2.42. The van der Waals surface area contributed by atoms with Crippen molar-refractivity contribution < 1.29 is 14.0 Å². The molecule has 3 aromatic rings. The molecule has 0 unspecified atom stereocenters. The van der Waals surface area contributed by atoms with Crippen molar-refractivity contribution >= 4 is 22.6 Å². The van der Waals surface area contributed by atoms with E-state index >= 15 is 0 Å². The number of nitrogens with zero attached hydrogens (tertiary/aromatic N) is 3. The minimum Gasteiger partial charge on any atom is -0.425 e. The molecule has 4 rings (SSSR count). The van der Waals surface area contributed by atoms with E-state index in [2.05, 4.69) is 21.2 Å². The van der Waals surface area contributed by atoms with Gasteiger partial charge in [0.05, 0.1) is 6.42 Å². The summed E-state index contributed by atoms with van der Waals surface area (Å²) in [6.07, 6.45) is 5.56. The fourth-order valence-electron chi connectivity index (χ4n) is 4.03. The molecular formula is C22H26N4O3. The highest BCUT2D eigenvalue weighted by Gasteiger charge is 2.27. The van der Waals surface area contributed by atoms with Crippen molar-refractivity contribution in [1.82, 2.24) is 20.1 Å². The second-order valence-corrected chi connectivity index (χ2v) is 7.62. The molecule has 0 spiro atoms. The van der Waals surface area contributed by atoms with E-state index in [1.54, 1.807) is 0 Å². The van der Waals surface area contributed by atoms with Crippen molar-refractivity contribution in [2.45, 2.75) is 45.4 Å². The standard InChI is InChI=1S/C22H26N4O3/c1-2-19(27)15-6-5-11-26(14-15)22(28)10-9-20-24-25-21(29-20)12-16-13-23-18-8-4-3-7-17(16)18/h3-4,7-8,13,15,23H,2,5-6,9-12,14H2,1H3/t15-/m0/s1. The van der Waals surface area contributed by atoms with Gasteiger partial charge in [-0.3, -0.25) is 9.59 Å². The number of aromatic amines is 1. The van der Waals surface area contributed by atoms with Crippen LogP contribution in [-0.4, -0.2) is 44.9 Å². The van der Waals surface area contributed by atoms with Crippen molar-refractivity contribution in [3.63, 3.8) is 0 Å². The van der Waals surface area contributed by atoms with E-state index in [1.807, 2.05) is 36.2 Å². The summed E-state index contributed by atoms with van der Waals surface area (Å²) in [6, 6.07) is 8.09. The van der Waals surface area contributed by atoms with Crippen molar-refractivity contribution in [3.05, 3.63) is 47.8 Å². The highest BCUT2D eigenvalue weighted by Crippen LogP contribution is 2.21. The molecule has 1 atom stereocenters. The highest BCUT2D eigenvalue weighted by atomic mass is 16.4. The third-order valence-electron chi connectivity index (χ3n) is 5.66. The summed E-state index contributed by atoms with van der Waals surface area (Å²) in [7, 11) is 0. The van der Waals surface area contributed by atoms with Gasteiger partial charge in [0.25, 0.3) is 0 Å². The summed E-state index contributed by atoms with van der Waals surface area (Å²) in [5.74, 6) is 1.32. The summed E-state index contributed by atoms with van der Waals surface area (Å²) in [6.45, 7) is 3.15. The lowest BCUT2D eigenvalue weighted by Gasteiger charge is -2.32. The zero-order valence-corrected chi connectivity index (χ0v) is 16.7. The largest absolute Gasteiger partial charge is 0.425 e. The summed E-state index contributed by atoms with van der Waals surface area (Å²) in [5, 5.41) is 9.38. The number of Topliss-reactive ketones (excluding diaryl/α,β-unsaturated/α-hetero) is 1. The highest BCUT2D eigenvalue weighted by molar-refractivity contribution is 5.83. The van der Waals surface area contributed by atoms with Gasteiger partial charge in [-0.1, -0.05) is 25.1 Å². The number of piperidine rings is 1. The number of nitrogens with one attached hydrogen (secondary N) is 1. The molecule has 1 fully saturated rings. The van der Waals surface area contributed by atoms with E-state index in [-0.39, 0.29) is 17.6 Å².